The Morgan fingerprint density at radius 2 is 2.00 bits per heavy atom. The maximum atomic E-state index is 10.7. The molecule has 2 N–H and O–H groups in total. The maximum absolute atomic E-state index is 10.7. The van der Waals surface area contributed by atoms with E-state index in [2.05, 4.69) is 16.4 Å². The molecule has 2 rings (SSSR count). The first-order valence-corrected chi connectivity index (χ1v) is 6.47. The summed E-state index contributed by atoms with van der Waals surface area (Å²) in [5.41, 5.74) is 1.38. The quantitative estimate of drug-likeness (QED) is 0.643. The summed E-state index contributed by atoms with van der Waals surface area (Å²) in [6, 6.07) is 9.04. The number of nitrogens with zero attached hydrogens (tertiary/aromatic N) is 3. The minimum Gasteiger partial charge on any atom is -0.480 e. The minimum atomic E-state index is -0.955. The first-order chi connectivity index (χ1) is 9.69. The van der Waals surface area contributed by atoms with Gasteiger partial charge in [0.05, 0.1) is 11.6 Å². The number of aliphatic imine (C=N–C) groups is 1. The average Bonchev–Trinajstić information content (AvgIpc) is 2.98. The Labute approximate surface area is 117 Å². The van der Waals surface area contributed by atoms with Gasteiger partial charge in [0, 0.05) is 18.8 Å². The number of nitrogens with one attached hydrogen (secondary N) is 1. The molecule has 0 amide bonds. The van der Waals surface area contributed by atoms with Gasteiger partial charge in [0.1, 0.15) is 6.54 Å². The highest BCUT2D eigenvalue weighted by Gasteiger charge is 2.16. The number of aliphatic carboxylic acids is 1. The van der Waals surface area contributed by atoms with E-state index in [1.807, 2.05) is 4.90 Å². The molecule has 1 fully saturated rings. The van der Waals surface area contributed by atoms with Crippen LogP contribution in [0.2, 0.25) is 0 Å². The fourth-order valence-electron chi connectivity index (χ4n) is 2.05. The van der Waals surface area contributed by atoms with E-state index in [0.29, 0.717) is 11.5 Å². The summed E-state index contributed by atoms with van der Waals surface area (Å²) in [5.74, 6) is -0.377. The SMILES string of the molecule is N#Cc1ccc(NC(=NCC(=O)O)N2CCCC2)cc1. The predicted molar refractivity (Wildman–Crippen MR) is 75.5 cm³/mol. The molecule has 0 spiro atoms. The van der Waals surface area contributed by atoms with Gasteiger partial charge in [-0.25, -0.2) is 4.99 Å². The number of rotatable bonds is 3. The third-order valence-electron chi connectivity index (χ3n) is 3.04. The molecule has 104 valence electrons. The topological polar surface area (TPSA) is 88.7 Å². The van der Waals surface area contributed by atoms with Crippen molar-refractivity contribution in [3.05, 3.63) is 29.8 Å². The van der Waals surface area contributed by atoms with Crippen LogP contribution in [0.4, 0.5) is 5.69 Å². The first kappa shape index (κ1) is 13.9. The smallest absolute Gasteiger partial charge is 0.325 e. The number of carboxylic acid groups (broad SMARTS) is 1. The van der Waals surface area contributed by atoms with E-state index < -0.39 is 5.97 Å². The van der Waals surface area contributed by atoms with E-state index in [4.69, 9.17) is 10.4 Å². The zero-order valence-corrected chi connectivity index (χ0v) is 11.0. The van der Waals surface area contributed by atoms with Gasteiger partial charge in [0.15, 0.2) is 5.96 Å². The molecule has 6 nitrogen and oxygen atoms in total. The molecule has 1 aliphatic heterocycles. The van der Waals surface area contributed by atoms with Gasteiger partial charge in [-0.05, 0) is 37.1 Å². The summed E-state index contributed by atoms with van der Waals surface area (Å²) < 4.78 is 0. The summed E-state index contributed by atoms with van der Waals surface area (Å²) in [6.45, 7) is 1.50. The van der Waals surface area contributed by atoms with E-state index >= 15 is 0 Å². The fraction of sp³-hybridized carbons (Fsp3) is 0.357. The third kappa shape index (κ3) is 3.72. The lowest BCUT2D eigenvalue weighted by Crippen LogP contribution is -2.34. The number of nitriles is 1. The lowest BCUT2D eigenvalue weighted by atomic mass is 10.2. The van der Waals surface area contributed by atoms with Crippen molar-refractivity contribution in [1.29, 1.82) is 5.26 Å². The Hall–Kier alpha value is -2.55. The van der Waals surface area contributed by atoms with Gasteiger partial charge < -0.3 is 15.3 Å². The first-order valence-electron chi connectivity index (χ1n) is 6.47. The molecule has 20 heavy (non-hydrogen) atoms. The van der Waals surface area contributed by atoms with Crippen molar-refractivity contribution in [2.24, 2.45) is 4.99 Å². The molecule has 0 saturated carbocycles. The Morgan fingerprint density at radius 1 is 1.35 bits per heavy atom. The number of hydrogen-bond acceptors (Lipinski definition) is 3. The zero-order valence-electron chi connectivity index (χ0n) is 11.0. The van der Waals surface area contributed by atoms with Crippen LogP contribution in [-0.2, 0) is 4.79 Å². The van der Waals surface area contributed by atoms with E-state index in [-0.39, 0.29) is 6.54 Å². The standard InChI is InChI=1S/C14H16N4O2/c15-9-11-3-5-12(6-4-11)17-14(16-10-13(19)20)18-7-1-2-8-18/h3-6H,1-2,7-8,10H2,(H,16,17)(H,19,20). The molecule has 1 aliphatic rings. The summed E-state index contributed by atoms with van der Waals surface area (Å²) in [7, 11) is 0. The number of guanidine groups is 1. The van der Waals surface area contributed by atoms with E-state index in [0.717, 1.165) is 31.6 Å². The number of hydrogen-bond donors (Lipinski definition) is 2. The lowest BCUT2D eigenvalue weighted by molar-refractivity contribution is -0.135. The van der Waals surface area contributed by atoms with E-state index in [1.54, 1.807) is 24.3 Å². The monoisotopic (exact) mass is 272 g/mol. The largest absolute Gasteiger partial charge is 0.480 e. The second-order valence-corrected chi connectivity index (χ2v) is 4.54. The predicted octanol–water partition coefficient (Wildman–Crippen LogP) is 1.51. The molecule has 1 aromatic carbocycles. The van der Waals surface area contributed by atoms with Crippen molar-refractivity contribution < 1.29 is 9.90 Å². The zero-order chi connectivity index (χ0) is 14.4. The minimum absolute atomic E-state index is 0.255. The summed E-state index contributed by atoms with van der Waals surface area (Å²) >= 11 is 0. The molecule has 0 atom stereocenters. The molecule has 1 heterocycles. The molecule has 1 saturated heterocycles. The molecule has 0 aromatic heterocycles. The van der Waals surface area contributed by atoms with Crippen molar-refractivity contribution in [3.8, 4) is 6.07 Å². The number of carbonyl (C=O) groups is 1. The van der Waals surface area contributed by atoms with Crippen molar-refractivity contribution in [3.63, 3.8) is 0 Å². The fourth-order valence-corrected chi connectivity index (χ4v) is 2.05. The highest BCUT2D eigenvalue weighted by atomic mass is 16.4. The number of likely N-dealkylation sites (tertiary alicyclic amines) is 1. The molecule has 0 aliphatic carbocycles. The van der Waals surface area contributed by atoms with Crippen LogP contribution in [0.3, 0.4) is 0 Å². The molecule has 6 heteroatoms. The Morgan fingerprint density at radius 3 is 2.55 bits per heavy atom. The number of benzene rings is 1. The van der Waals surface area contributed by atoms with Gasteiger partial charge in [-0.1, -0.05) is 0 Å². The van der Waals surface area contributed by atoms with Gasteiger partial charge >= 0.3 is 5.97 Å². The Kier molecular flexibility index (Phi) is 4.56. The van der Waals surface area contributed by atoms with Crippen LogP contribution in [-0.4, -0.2) is 41.6 Å². The van der Waals surface area contributed by atoms with Crippen LogP contribution >= 0.6 is 0 Å². The summed E-state index contributed by atoms with van der Waals surface area (Å²) in [4.78, 5) is 16.8. The second kappa shape index (κ2) is 6.57. The molecular formula is C14H16N4O2. The van der Waals surface area contributed by atoms with Crippen molar-refractivity contribution in [2.75, 3.05) is 25.0 Å². The van der Waals surface area contributed by atoms with E-state index in [9.17, 15) is 4.79 Å². The maximum Gasteiger partial charge on any atom is 0.325 e. The second-order valence-electron chi connectivity index (χ2n) is 4.54. The molecular weight excluding hydrogens is 256 g/mol. The van der Waals surface area contributed by atoms with Gasteiger partial charge in [0.25, 0.3) is 0 Å². The summed E-state index contributed by atoms with van der Waals surface area (Å²) in [5, 5.41) is 20.6. The molecule has 1 aromatic rings. The van der Waals surface area contributed by atoms with Gasteiger partial charge in [-0.2, -0.15) is 5.26 Å². The van der Waals surface area contributed by atoms with Crippen LogP contribution in [0.5, 0.6) is 0 Å². The molecule has 0 bridgehead atoms. The molecule has 0 radical (unpaired) electrons. The Bertz CT molecular complexity index is 539. The van der Waals surface area contributed by atoms with Crippen LogP contribution in [0, 0.1) is 11.3 Å². The van der Waals surface area contributed by atoms with Crippen LogP contribution in [0.25, 0.3) is 0 Å². The average molecular weight is 272 g/mol. The van der Waals surface area contributed by atoms with Crippen molar-refractivity contribution in [1.82, 2.24) is 4.90 Å². The number of carboxylic acids is 1. The van der Waals surface area contributed by atoms with Crippen LogP contribution < -0.4 is 5.32 Å². The van der Waals surface area contributed by atoms with Crippen LogP contribution in [0.1, 0.15) is 18.4 Å². The van der Waals surface area contributed by atoms with Gasteiger partial charge in [0.2, 0.25) is 0 Å². The van der Waals surface area contributed by atoms with Gasteiger partial charge in [-0.3, -0.25) is 4.79 Å². The van der Waals surface area contributed by atoms with E-state index in [1.165, 1.54) is 0 Å². The highest BCUT2D eigenvalue weighted by molar-refractivity contribution is 5.94. The third-order valence-corrected chi connectivity index (χ3v) is 3.04. The Balaban J connectivity index is 2.11. The summed E-state index contributed by atoms with van der Waals surface area (Å²) in [6.07, 6.45) is 2.17. The van der Waals surface area contributed by atoms with Crippen molar-refractivity contribution in [2.45, 2.75) is 12.8 Å². The number of anilines is 1. The normalized spacial score (nSPS) is 14.9. The highest BCUT2D eigenvalue weighted by Crippen LogP contribution is 2.13. The molecule has 0 unspecified atom stereocenters. The van der Waals surface area contributed by atoms with Crippen molar-refractivity contribution >= 4 is 17.6 Å². The van der Waals surface area contributed by atoms with Gasteiger partial charge in [-0.15, -0.1) is 0 Å². The lowest BCUT2D eigenvalue weighted by Gasteiger charge is -2.21. The van der Waals surface area contributed by atoms with Crippen LogP contribution in [0.15, 0.2) is 29.3 Å².